The molecule has 0 amide bonds. The van der Waals surface area contributed by atoms with Crippen LogP contribution in [0.1, 0.15) is 98.6 Å². The van der Waals surface area contributed by atoms with Crippen molar-refractivity contribution in [1.82, 2.24) is 4.57 Å². The van der Waals surface area contributed by atoms with Crippen molar-refractivity contribution in [2.75, 3.05) is 0 Å². The Hall–Kier alpha value is -1.61. The number of nitrogens with zero attached hydrogens (tertiary/aromatic N) is 1. The highest BCUT2D eigenvalue weighted by atomic mass is 32.1. The number of ketones is 1. The average molecular weight is 414 g/mol. The van der Waals surface area contributed by atoms with Gasteiger partial charge in [-0.15, -0.1) is 11.3 Å². The lowest BCUT2D eigenvalue weighted by Gasteiger charge is -2.31. The Morgan fingerprint density at radius 2 is 1.90 bits per heavy atom. The van der Waals surface area contributed by atoms with Gasteiger partial charge in [0.25, 0.3) is 0 Å². The second kappa shape index (κ2) is 9.93. The van der Waals surface area contributed by atoms with Gasteiger partial charge in [-0.05, 0) is 86.1 Å². The molecule has 0 spiro atoms. The lowest BCUT2D eigenvalue weighted by atomic mass is 9.75. The van der Waals surface area contributed by atoms with E-state index in [2.05, 4.69) is 70.6 Å². The molecular formula is C26H39NOS. The first kappa shape index (κ1) is 23.7. The molecule has 0 aliphatic heterocycles. The number of Topliss-reactive ketones (excluding diaryl/α,β-unsaturated/α-hetero) is 1. The zero-order valence-corrected chi connectivity index (χ0v) is 20.6. The molecule has 2 aromatic heterocycles. The molecule has 2 heterocycles. The Morgan fingerprint density at radius 3 is 2.45 bits per heavy atom. The van der Waals surface area contributed by atoms with Gasteiger partial charge in [-0.25, -0.2) is 0 Å². The molecule has 0 aromatic carbocycles. The Morgan fingerprint density at radius 1 is 1.24 bits per heavy atom. The predicted molar refractivity (Wildman–Crippen MR) is 128 cm³/mol. The SMILES string of the molecule is CCC.CCCn1c(C)c(C(=O)/C(C)=C/c2ccsc2C)c2c1CCC(C)(C)C2. The summed E-state index contributed by atoms with van der Waals surface area (Å²) in [6, 6.07) is 2.10. The first-order valence-corrected chi connectivity index (χ1v) is 12.0. The number of hydrogen-bond donors (Lipinski definition) is 0. The van der Waals surface area contributed by atoms with Crippen LogP contribution in [0.25, 0.3) is 6.08 Å². The van der Waals surface area contributed by atoms with Gasteiger partial charge in [0, 0.05) is 28.4 Å². The third-order valence-corrected chi connectivity index (χ3v) is 6.60. The monoisotopic (exact) mass is 413 g/mol. The molecule has 0 saturated carbocycles. The summed E-state index contributed by atoms with van der Waals surface area (Å²) < 4.78 is 2.42. The molecule has 2 nitrogen and oxygen atoms in total. The maximum absolute atomic E-state index is 13.4. The minimum Gasteiger partial charge on any atom is -0.348 e. The highest BCUT2D eigenvalue weighted by Crippen LogP contribution is 2.39. The van der Waals surface area contributed by atoms with Crippen LogP contribution in [0.5, 0.6) is 0 Å². The molecule has 0 atom stereocenters. The smallest absolute Gasteiger partial charge is 0.190 e. The quantitative estimate of drug-likeness (QED) is 0.362. The average Bonchev–Trinajstić information content (AvgIpc) is 3.15. The van der Waals surface area contributed by atoms with E-state index in [1.54, 1.807) is 11.3 Å². The molecule has 3 rings (SSSR count). The second-order valence-electron chi connectivity index (χ2n) is 9.17. The van der Waals surface area contributed by atoms with Crippen molar-refractivity contribution in [1.29, 1.82) is 0 Å². The number of hydrogen-bond acceptors (Lipinski definition) is 2. The largest absolute Gasteiger partial charge is 0.348 e. The number of fused-ring (bicyclic) bond motifs is 1. The van der Waals surface area contributed by atoms with Crippen molar-refractivity contribution in [3.05, 3.63) is 50.0 Å². The van der Waals surface area contributed by atoms with Crippen LogP contribution in [0, 0.1) is 19.3 Å². The molecule has 3 heteroatoms. The summed E-state index contributed by atoms with van der Waals surface area (Å²) >= 11 is 1.73. The fourth-order valence-corrected chi connectivity index (χ4v) is 4.91. The first-order valence-electron chi connectivity index (χ1n) is 11.1. The molecule has 0 saturated heterocycles. The molecule has 1 aliphatic carbocycles. The molecule has 0 bridgehead atoms. The Bertz CT molecular complexity index is 879. The van der Waals surface area contributed by atoms with Gasteiger partial charge in [0.2, 0.25) is 0 Å². The van der Waals surface area contributed by atoms with Gasteiger partial charge < -0.3 is 4.57 Å². The van der Waals surface area contributed by atoms with Gasteiger partial charge in [-0.1, -0.05) is 41.0 Å². The maximum Gasteiger partial charge on any atom is 0.190 e. The highest BCUT2D eigenvalue weighted by Gasteiger charge is 2.33. The van der Waals surface area contributed by atoms with Gasteiger partial charge in [0.15, 0.2) is 5.78 Å². The third-order valence-electron chi connectivity index (χ3n) is 5.74. The second-order valence-corrected chi connectivity index (χ2v) is 10.3. The Kier molecular flexibility index (Phi) is 8.10. The van der Waals surface area contributed by atoms with Crippen molar-refractivity contribution in [3.8, 4) is 0 Å². The Balaban J connectivity index is 0.000000941. The molecule has 1 aliphatic rings. The zero-order chi connectivity index (χ0) is 21.8. The van der Waals surface area contributed by atoms with Crippen LogP contribution in [0.4, 0.5) is 0 Å². The van der Waals surface area contributed by atoms with E-state index in [1.807, 2.05) is 6.92 Å². The fraction of sp³-hybridized carbons (Fsp3) is 0.577. The number of carbonyl (C=O) groups is 1. The number of rotatable bonds is 5. The van der Waals surface area contributed by atoms with Crippen molar-refractivity contribution in [3.63, 3.8) is 0 Å². The molecule has 0 unspecified atom stereocenters. The van der Waals surface area contributed by atoms with E-state index >= 15 is 0 Å². The number of carbonyl (C=O) groups excluding carboxylic acids is 1. The van der Waals surface area contributed by atoms with Crippen LogP contribution in [0.2, 0.25) is 0 Å². The number of aromatic nitrogens is 1. The van der Waals surface area contributed by atoms with E-state index in [1.165, 1.54) is 34.5 Å². The van der Waals surface area contributed by atoms with E-state index in [9.17, 15) is 4.79 Å². The minimum atomic E-state index is 0.205. The zero-order valence-electron chi connectivity index (χ0n) is 19.7. The topological polar surface area (TPSA) is 22.0 Å². The van der Waals surface area contributed by atoms with Gasteiger partial charge in [0.1, 0.15) is 0 Å². The Labute approximate surface area is 182 Å². The van der Waals surface area contributed by atoms with Crippen LogP contribution in [-0.4, -0.2) is 10.4 Å². The van der Waals surface area contributed by atoms with Gasteiger partial charge in [-0.3, -0.25) is 4.79 Å². The van der Waals surface area contributed by atoms with Crippen molar-refractivity contribution in [2.24, 2.45) is 5.41 Å². The lowest BCUT2D eigenvalue weighted by Crippen LogP contribution is -2.24. The van der Waals surface area contributed by atoms with Gasteiger partial charge >= 0.3 is 0 Å². The predicted octanol–water partition coefficient (Wildman–Crippen LogP) is 7.79. The fourth-order valence-electron chi connectivity index (χ4n) is 4.23. The van der Waals surface area contributed by atoms with E-state index in [0.717, 1.165) is 42.6 Å². The normalized spacial score (nSPS) is 15.5. The lowest BCUT2D eigenvalue weighted by molar-refractivity contribution is 0.103. The molecule has 29 heavy (non-hydrogen) atoms. The van der Waals surface area contributed by atoms with Crippen LogP contribution >= 0.6 is 11.3 Å². The number of aryl methyl sites for hydroxylation is 1. The number of thiophene rings is 1. The third kappa shape index (κ3) is 5.31. The van der Waals surface area contributed by atoms with E-state index in [4.69, 9.17) is 0 Å². The van der Waals surface area contributed by atoms with E-state index in [-0.39, 0.29) is 11.2 Å². The van der Waals surface area contributed by atoms with Crippen molar-refractivity contribution < 1.29 is 4.79 Å². The summed E-state index contributed by atoms with van der Waals surface area (Å²) in [5, 5.41) is 2.09. The van der Waals surface area contributed by atoms with Crippen LogP contribution in [0.3, 0.4) is 0 Å². The summed E-state index contributed by atoms with van der Waals surface area (Å²) in [5.41, 5.74) is 7.14. The minimum absolute atomic E-state index is 0.205. The van der Waals surface area contributed by atoms with Crippen LogP contribution in [0.15, 0.2) is 17.0 Å². The summed E-state index contributed by atoms with van der Waals surface area (Å²) in [4.78, 5) is 14.7. The first-order chi connectivity index (χ1) is 13.7. The van der Waals surface area contributed by atoms with E-state index in [0.29, 0.717) is 0 Å². The van der Waals surface area contributed by atoms with Gasteiger partial charge in [0.05, 0.1) is 0 Å². The molecule has 160 valence electrons. The summed E-state index contributed by atoms with van der Waals surface area (Å²) in [5.74, 6) is 0.205. The summed E-state index contributed by atoms with van der Waals surface area (Å²) in [7, 11) is 0. The standard InChI is InChI=1S/C23H31NOS.C3H8/c1-7-11-24-16(3)21(19-14-23(5,6)10-8-20(19)24)22(25)15(2)13-18-9-12-26-17(18)4;1-3-2/h9,12-13H,7-8,10-11,14H2,1-6H3;3H2,1-2H3/b15-13+;. The van der Waals surface area contributed by atoms with Crippen molar-refractivity contribution in [2.45, 2.75) is 94.0 Å². The van der Waals surface area contributed by atoms with Gasteiger partial charge in [-0.2, -0.15) is 0 Å². The van der Waals surface area contributed by atoms with E-state index < -0.39 is 0 Å². The van der Waals surface area contributed by atoms with Crippen LogP contribution < -0.4 is 0 Å². The highest BCUT2D eigenvalue weighted by molar-refractivity contribution is 7.10. The molecular weight excluding hydrogens is 374 g/mol. The number of allylic oxidation sites excluding steroid dienone is 1. The maximum atomic E-state index is 13.4. The molecule has 2 aromatic rings. The molecule has 0 N–H and O–H groups in total. The molecule has 0 fully saturated rings. The van der Waals surface area contributed by atoms with Crippen molar-refractivity contribution >= 4 is 23.2 Å². The molecule has 0 radical (unpaired) electrons. The summed E-state index contributed by atoms with van der Waals surface area (Å²) in [6.45, 7) is 18.3. The summed E-state index contributed by atoms with van der Waals surface area (Å²) in [6.07, 6.45) is 7.70. The van der Waals surface area contributed by atoms with Crippen LogP contribution in [-0.2, 0) is 19.4 Å².